The molecule has 0 heterocycles. The largest absolute Gasteiger partial charge is 0.340 e. The molecule has 0 fully saturated rings. The third-order valence-corrected chi connectivity index (χ3v) is 2.56. The number of hydrogen-bond donors (Lipinski definition) is 0. The number of hydrogen-bond acceptors (Lipinski definition) is 3. The highest BCUT2D eigenvalue weighted by Gasteiger charge is 2.22. The summed E-state index contributed by atoms with van der Waals surface area (Å²) in [4.78, 5) is 23.4. The molecule has 92 valence electrons. The number of nitro benzene ring substituents is 1. The molecule has 0 atom stereocenters. The van der Waals surface area contributed by atoms with E-state index in [1.54, 1.807) is 0 Å². The Bertz CT molecular complexity index is 451. The minimum Gasteiger partial charge on any atom is -0.340 e. The lowest BCUT2D eigenvalue weighted by Crippen LogP contribution is -2.29. The number of benzene rings is 1. The highest BCUT2D eigenvalue weighted by atomic mass is 35.5. The number of amides is 1. The van der Waals surface area contributed by atoms with E-state index in [1.807, 2.05) is 0 Å². The fourth-order valence-corrected chi connectivity index (χ4v) is 1.70. The molecular formula is C10H10Cl2N2O3. The van der Waals surface area contributed by atoms with Gasteiger partial charge < -0.3 is 4.90 Å². The van der Waals surface area contributed by atoms with Crippen LogP contribution in [0.1, 0.15) is 10.4 Å². The Kier molecular flexibility index (Phi) is 4.72. The maximum atomic E-state index is 11.9. The SMILES string of the molecule is CN(CCCl)C(=O)c1cc(Cl)ccc1[N+](=O)[O-]. The quantitative estimate of drug-likeness (QED) is 0.482. The lowest BCUT2D eigenvalue weighted by molar-refractivity contribution is -0.385. The van der Waals surface area contributed by atoms with E-state index in [1.165, 1.54) is 30.1 Å². The Balaban J connectivity index is 3.15. The summed E-state index contributed by atoms with van der Waals surface area (Å²) in [6.07, 6.45) is 0. The molecule has 0 bridgehead atoms. The van der Waals surface area contributed by atoms with Crippen LogP contribution in [0.2, 0.25) is 5.02 Å². The van der Waals surface area contributed by atoms with E-state index in [4.69, 9.17) is 23.2 Å². The van der Waals surface area contributed by atoms with E-state index < -0.39 is 10.8 Å². The van der Waals surface area contributed by atoms with Crippen molar-refractivity contribution < 1.29 is 9.72 Å². The minimum absolute atomic E-state index is 0.0323. The van der Waals surface area contributed by atoms with Gasteiger partial charge in [0.15, 0.2) is 0 Å². The predicted molar refractivity (Wildman–Crippen MR) is 65.8 cm³/mol. The van der Waals surface area contributed by atoms with Gasteiger partial charge in [0.2, 0.25) is 0 Å². The molecule has 0 aromatic heterocycles. The molecule has 0 saturated heterocycles. The summed E-state index contributed by atoms with van der Waals surface area (Å²) in [5.41, 5.74) is -0.295. The fraction of sp³-hybridized carbons (Fsp3) is 0.300. The summed E-state index contributed by atoms with van der Waals surface area (Å²) in [6.45, 7) is 0.310. The Hall–Kier alpha value is -1.33. The van der Waals surface area contributed by atoms with Crippen molar-refractivity contribution >= 4 is 34.8 Å². The van der Waals surface area contributed by atoms with Crippen LogP contribution < -0.4 is 0 Å². The van der Waals surface area contributed by atoms with Crippen LogP contribution in [0.25, 0.3) is 0 Å². The molecule has 1 amide bonds. The fourth-order valence-electron chi connectivity index (χ4n) is 1.27. The predicted octanol–water partition coefficient (Wildman–Crippen LogP) is 2.56. The zero-order chi connectivity index (χ0) is 13.0. The second-order valence-corrected chi connectivity index (χ2v) is 4.15. The molecule has 0 unspecified atom stereocenters. The Morgan fingerprint density at radius 1 is 1.53 bits per heavy atom. The first-order valence-electron chi connectivity index (χ1n) is 4.72. The summed E-state index contributed by atoms with van der Waals surface area (Å²) in [6, 6.07) is 3.87. The zero-order valence-corrected chi connectivity index (χ0v) is 10.5. The van der Waals surface area contributed by atoms with Gasteiger partial charge >= 0.3 is 0 Å². The summed E-state index contributed by atoms with van der Waals surface area (Å²) in [5.74, 6) is -0.212. The number of nitro groups is 1. The average molecular weight is 277 g/mol. The van der Waals surface area contributed by atoms with Gasteiger partial charge in [0.05, 0.1) is 4.92 Å². The molecule has 1 aromatic rings. The number of halogens is 2. The molecule has 0 spiro atoms. The lowest BCUT2D eigenvalue weighted by Gasteiger charge is -2.15. The number of rotatable bonds is 4. The smallest absolute Gasteiger partial charge is 0.282 e. The van der Waals surface area contributed by atoms with Crippen molar-refractivity contribution in [3.05, 3.63) is 38.9 Å². The average Bonchev–Trinajstić information content (AvgIpc) is 2.27. The van der Waals surface area contributed by atoms with Crippen molar-refractivity contribution in [1.29, 1.82) is 0 Å². The summed E-state index contributed by atoms with van der Waals surface area (Å²) < 4.78 is 0. The zero-order valence-electron chi connectivity index (χ0n) is 9.02. The monoisotopic (exact) mass is 276 g/mol. The van der Waals surface area contributed by atoms with Gasteiger partial charge in [-0.2, -0.15) is 0 Å². The van der Waals surface area contributed by atoms with Crippen molar-refractivity contribution in [3.8, 4) is 0 Å². The normalized spacial score (nSPS) is 10.1. The van der Waals surface area contributed by atoms with E-state index in [-0.39, 0.29) is 22.2 Å². The summed E-state index contributed by atoms with van der Waals surface area (Å²) >= 11 is 11.2. The van der Waals surface area contributed by atoms with Crippen molar-refractivity contribution in [1.82, 2.24) is 4.90 Å². The Morgan fingerprint density at radius 2 is 2.18 bits per heavy atom. The third-order valence-electron chi connectivity index (χ3n) is 2.15. The van der Waals surface area contributed by atoms with E-state index in [9.17, 15) is 14.9 Å². The van der Waals surface area contributed by atoms with Crippen LogP contribution in [0.15, 0.2) is 18.2 Å². The van der Waals surface area contributed by atoms with Crippen molar-refractivity contribution in [3.63, 3.8) is 0 Å². The molecule has 7 heteroatoms. The number of carbonyl (C=O) groups excluding carboxylic acids is 1. The third kappa shape index (κ3) is 3.31. The van der Waals surface area contributed by atoms with Crippen LogP contribution in [-0.4, -0.2) is 35.2 Å². The van der Waals surface area contributed by atoms with Gasteiger partial charge in [0.25, 0.3) is 11.6 Å². The van der Waals surface area contributed by atoms with Gasteiger partial charge in [-0.3, -0.25) is 14.9 Å². The second kappa shape index (κ2) is 5.84. The van der Waals surface area contributed by atoms with Crippen molar-refractivity contribution in [2.45, 2.75) is 0 Å². The van der Waals surface area contributed by atoms with Crippen molar-refractivity contribution in [2.75, 3.05) is 19.5 Å². The highest BCUT2D eigenvalue weighted by Crippen LogP contribution is 2.23. The second-order valence-electron chi connectivity index (χ2n) is 3.33. The molecule has 0 radical (unpaired) electrons. The van der Waals surface area contributed by atoms with E-state index >= 15 is 0 Å². The van der Waals surface area contributed by atoms with Crippen LogP contribution in [0.3, 0.4) is 0 Å². The van der Waals surface area contributed by atoms with Crippen LogP contribution in [-0.2, 0) is 0 Å². The standard InChI is InChI=1S/C10H10Cl2N2O3/c1-13(5-4-11)10(15)8-6-7(12)2-3-9(8)14(16)17/h2-3,6H,4-5H2,1H3. The molecule has 0 aliphatic rings. The summed E-state index contributed by atoms with van der Waals surface area (Å²) in [7, 11) is 1.52. The number of nitrogens with zero attached hydrogens (tertiary/aromatic N) is 2. The van der Waals surface area contributed by atoms with Crippen LogP contribution in [0.5, 0.6) is 0 Å². The van der Waals surface area contributed by atoms with Gasteiger partial charge in [-0.1, -0.05) is 11.6 Å². The van der Waals surface area contributed by atoms with Crippen molar-refractivity contribution in [2.24, 2.45) is 0 Å². The van der Waals surface area contributed by atoms with E-state index in [0.717, 1.165) is 0 Å². The molecule has 0 N–H and O–H groups in total. The molecule has 1 rings (SSSR count). The highest BCUT2D eigenvalue weighted by molar-refractivity contribution is 6.31. The number of alkyl halides is 1. The van der Waals surface area contributed by atoms with E-state index in [0.29, 0.717) is 6.54 Å². The topological polar surface area (TPSA) is 63.5 Å². The summed E-state index contributed by atoms with van der Waals surface area (Å²) in [5, 5.41) is 11.1. The van der Waals surface area contributed by atoms with Crippen LogP contribution in [0.4, 0.5) is 5.69 Å². The van der Waals surface area contributed by atoms with Gasteiger partial charge in [0, 0.05) is 30.6 Å². The molecule has 1 aromatic carbocycles. The molecule has 5 nitrogen and oxygen atoms in total. The maximum Gasteiger partial charge on any atom is 0.282 e. The molecule has 0 aliphatic carbocycles. The van der Waals surface area contributed by atoms with Crippen LogP contribution >= 0.6 is 23.2 Å². The van der Waals surface area contributed by atoms with E-state index in [2.05, 4.69) is 0 Å². The Labute approximate surface area is 108 Å². The molecule has 0 aliphatic heterocycles. The first-order chi connectivity index (χ1) is 7.97. The maximum absolute atomic E-state index is 11.9. The molecule has 17 heavy (non-hydrogen) atoms. The van der Waals surface area contributed by atoms with Gasteiger partial charge in [0.1, 0.15) is 5.56 Å². The first kappa shape index (κ1) is 13.7. The Morgan fingerprint density at radius 3 is 2.71 bits per heavy atom. The van der Waals surface area contributed by atoms with Gasteiger partial charge in [-0.25, -0.2) is 0 Å². The molecular weight excluding hydrogens is 267 g/mol. The van der Waals surface area contributed by atoms with Crippen LogP contribution in [0, 0.1) is 10.1 Å². The number of carbonyl (C=O) groups is 1. The van der Waals surface area contributed by atoms with Gasteiger partial charge in [-0.05, 0) is 12.1 Å². The minimum atomic E-state index is -0.613. The lowest BCUT2D eigenvalue weighted by atomic mass is 10.1. The van der Waals surface area contributed by atoms with Gasteiger partial charge in [-0.15, -0.1) is 11.6 Å². The molecule has 0 saturated carbocycles. The first-order valence-corrected chi connectivity index (χ1v) is 5.64.